The summed E-state index contributed by atoms with van der Waals surface area (Å²) in [6.45, 7) is 10.7. The first kappa shape index (κ1) is 14.8. The molecule has 0 aliphatic rings. The minimum absolute atomic E-state index is 0.669. The number of imidazole rings is 1. The van der Waals surface area contributed by atoms with E-state index in [2.05, 4.69) is 67.0 Å². The number of benzene rings is 1. The summed E-state index contributed by atoms with van der Waals surface area (Å²) in [7, 11) is 0. The molecule has 1 heterocycles. The highest BCUT2D eigenvalue weighted by Crippen LogP contribution is 2.18. The van der Waals surface area contributed by atoms with E-state index in [1.54, 1.807) is 0 Å². The average molecular weight is 271 g/mol. The Bertz CT molecular complexity index is 555. The zero-order valence-corrected chi connectivity index (χ0v) is 13.0. The molecule has 0 saturated carbocycles. The lowest BCUT2D eigenvalue weighted by Gasteiger charge is -2.15. The molecule has 1 aromatic carbocycles. The van der Waals surface area contributed by atoms with E-state index < -0.39 is 0 Å². The number of nitrogens with zero attached hydrogens (tertiary/aromatic N) is 2. The molecule has 2 aromatic rings. The van der Waals surface area contributed by atoms with E-state index >= 15 is 0 Å². The summed E-state index contributed by atoms with van der Waals surface area (Å²) in [5, 5.41) is 3.53. The van der Waals surface area contributed by atoms with E-state index in [-0.39, 0.29) is 0 Å². The van der Waals surface area contributed by atoms with Crippen LogP contribution in [0.25, 0.3) is 5.69 Å². The second-order valence-electron chi connectivity index (χ2n) is 5.72. The Morgan fingerprint density at radius 2 is 2.10 bits per heavy atom. The molecule has 0 spiro atoms. The maximum absolute atomic E-state index is 4.43. The van der Waals surface area contributed by atoms with Gasteiger partial charge in [-0.1, -0.05) is 38.5 Å². The van der Waals surface area contributed by atoms with Crippen LogP contribution in [0.15, 0.2) is 30.6 Å². The fourth-order valence-electron chi connectivity index (χ4n) is 2.40. The fraction of sp³-hybridized carbons (Fsp3) is 0.471. The lowest BCUT2D eigenvalue weighted by Crippen LogP contribution is -2.20. The molecule has 2 rings (SSSR count). The minimum Gasteiger partial charge on any atom is -0.312 e. The summed E-state index contributed by atoms with van der Waals surface area (Å²) in [5.41, 5.74) is 3.87. The molecule has 0 bridgehead atoms. The smallest absolute Gasteiger partial charge is 0.112 e. The zero-order valence-electron chi connectivity index (χ0n) is 13.0. The molecule has 0 saturated heterocycles. The third kappa shape index (κ3) is 3.48. The van der Waals surface area contributed by atoms with Crippen molar-refractivity contribution in [3.05, 3.63) is 47.5 Å². The van der Waals surface area contributed by atoms with E-state index in [1.807, 2.05) is 6.20 Å². The first-order valence-electron chi connectivity index (χ1n) is 7.44. The van der Waals surface area contributed by atoms with Crippen molar-refractivity contribution in [2.24, 2.45) is 5.92 Å². The summed E-state index contributed by atoms with van der Waals surface area (Å²) in [6, 6.07) is 6.63. The minimum atomic E-state index is 0.669. The number of aryl methyl sites for hydroxylation is 2. The number of aromatic nitrogens is 2. The van der Waals surface area contributed by atoms with Crippen molar-refractivity contribution in [1.82, 2.24) is 14.9 Å². The van der Waals surface area contributed by atoms with Crippen LogP contribution in [-0.4, -0.2) is 16.1 Å². The molecule has 3 nitrogen and oxygen atoms in total. The molecular weight excluding hydrogens is 246 g/mol. The zero-order chi connectivity index (χ0) is 14.5. The molecule has 0 aliphatic carbocycles. The molecule has 108 valence electrons. The Balaban J connectivity index is 2.28. The second kappa shape index (κ2) is 6.71. The molecule has 3 heteroatoms. The van der Waals surface area contributed by atoms with Crippen LogP contribution in [0.5, 0.6) is 0 Å². The summed E-state index contributed by atoms with van der Waals surface area (Å²) < 4.78 is 2.20. The van der Waals surface area contributed by atoms with Gasteiger partial charge < -0.3 is 9.88 Å². The van der Waals surface area contributed by atoms with Gasteiger partial charge in [0.15, 0.2) is 0 Å². The maximum atomic E-state index is 4.43. The Hall–Kier alpha value is -1.61. The van der Waals surface area contributed by atoms with Crippen LogP contribution in [0, 0.1) is 12.8 Å². The van der Waals surface area contributed by atoms with Crippen LogP contribution in [0.4, 0.5) is 0 Å². The van der Waals surface area contributed by atoms with Crippen LogP contribution >= 0.6 is 0 Å². The SMILES string of the molecule is CCc1nccn1-c1ccc(C)cc1CNCC(C)C. The Labute approximate surface area is 122 Å². The van der Waals surface area contributed by atoms with E-state index in [0.717, 1.165) is 25.3 Å². The number of hydrogen-bond acceptors (Lipinski definition) is 2. The lowest BCUT2D eigenvalue weighted by atomic mass is 10.1. The molecule has 0 unspecified atom stereocenters. The molecule has 1 N–H and O–H groups in total. The summed E-state index contributed by atoms with van der Waals surface area (Å²) >= 11 is 0. The highest BCUT2D eigenvalue weighted by molar-refractivity contribution is 5.44. The molecule has 0 radical (unpaired) electrons. The molecule has 0 atom stereocenters. The maximum Gasteiger partial charge on any atom is 0.112 e. The molecule has 20 heavy (non-hydrogen) atoms. The number of hydrogen-bond donors (Lipinski definition) is 1. The molecular formula is C17H25N3. The lowest BCUT2D eigenvalue weighted by molar-refractivity contribution is 0.551. The van der Waals surface area contributed by atoms with Gasteiger partial charge in [-0.05, 0) is 31.0 Å². The Morgan fingerprint density at radius 1 is 1.30 bits per heavy atom. The van der Waals surface area contributed by atoms with Gasteiger partial charge in [0.2, 0.25) is 0 Å². The van der Waals surface area contributed by atoms with Crippen molar-refractivity contribution in [3.63, 3.8) is 0 Å². The fourth-order valence-corrected chi connectivity index (χ4v) is 2.40. The summed E-state index contributed by atoms with van der Waals surface area (Å²) in [5.74, 6) is 1.78. The van der Waals surface area contributed by atoms with Crippen molar-refractivity contribution < 1.29 is 0 Å². The van der Waals surface area contributed by atoms with Crippen molar-refractivity contribution in [2.75, 3.05) is 6.54 Å². The topological polar surface area (TPSA) is 29.9 Å². The monoisotopic (exact) mass is 271 g/mol. The van der Waals surface area contributed by atoms with Gasteiger partial charge in [0.05, 0.1) is 5.69 Å². The largest absolute Gasteiger partial charge is 0.312 e. The van der Waals surface area contributed by atoms with Gasteiger partial charge in [0, 0.05) is 25.4 Å². The van der Waals surface area contributed by atoms with Crippen LogP contribution in [0.3, 0.4) is 0 Å². The molecule has 0 aliphatic heterocycles. The first-order valence-corrected chi connectivity index (χ1v) is 7.44. The number of nitrogens with one attached hydrogen (secondary N) is 1. The van der Waals surface area contributed by atoms with Gasteiger partial charge in [-0.2, -0.15) is 0 Å². The quantitative estimate of drug-likeness (QED) is 0.871. The molecule has 1 aromatic heterocycles. The normalized spacial score (nSPS) is 11.2. The highest BCUT2D eigenvalue weighted by atomic mass is 15.1. The van der Waals surface area contributed by atoms with Gasteiger partial charge in [-0.3, -0.25) is 0 Å². The van der Waals surface area contributed by atoms with Gasteiger partial charge in [-0.25, -0.2) is 4.98 Å². The Morgan fingerprint density at radius 3 is 2.80 bits per heavy atom. The highest BCUT2D eigenvalue weighted by Gasteiger charge is 2.08. The van der Waals surface area contributed by atoms with Crippen LogP contribution in [-0.2, 0) is 13.0 Å². The third-order valence-corrected chi connectivity index (χ3v) is 3.40. The van der Waals surface area contributed by atoms with E-state index in [9.17, 15) is 0 Å². The van der Waals surface area contributed by atoms with Gasteiger partial charge in [0.25, 0.3) is 0 Å². The van der Waals surface area contributed by atoms with Gasteiger partial charge in [0.1, 0.15) is 5.82 Å². The van der Waals surface area contributed by atoms with E-state index in [4.69, 9.17) is 0 Å². The van der Waals surface area contributed by atoms with Gasteiger partial charge >= 0.3 is 0 Å². The predicted octanol–water partition coefficient (Wildman–Crippen LogP) is 3.49. The molecule has 0 fully saturated rings. The van der Waals surface area contributed by atoms with Crippen LogP contribution < -0.4 is 5.32 Å². The van der Waals surface area contributed by atoms with E-state index in [1.165, 1.54) is 16.8 Å². The van der Waals surface area contributed by atoms with Crippen LogP contribution in [0.2, 0.25) is 0 Å². The summed E-state index contributed by atoms with van der Waals surface area (Å²) in [6.07, 6.45) is 4.87. The number of rotatable bonds is 6. The summed E-state index contributed by atoms with van der Waals surface area (Å²) in [4.78, 5) is 4.43. The Kier molecular flexibility index (Phi) is 4.96. The third-order valence-electron chi connectivity index (χ3n) is 3.40. The van der Waals surface area contributed by atoms with Crippen molar-refractivity contribution in [2.45, 2.75) is 40.7 Å². The van der Waals surface area contributed by atoms with Crippen LogP contribution in [0.1, 0.15) is 37.7 Å². The average Bonchev–Trinajstić information content (AvgIpc) is 2.86. The van der Waals surface area contributed by atoms with Gasteiger partial charge in [-0.15, -0.1) is 0 Å². The van der Waals surface area contributed by atoms with Crippen molar-refractivity contribution in [3.8, 4) is 5.69 Å². The first-order chi connectivity index (χ1) is 9.61. The second-order valence-corrected chi connectivity index (χ2v) is 5.72. The van der Waals surface area contributed by atoms with Crippen molar-refractivity contribution in [1.29, 1.82) is 0 Å². The predicted molar refractivity (Wildman–Crippen MR) is 84.2 cm³/mol. The van der Waals surface area contributed by atoms with Crippen molar-refractivity contribution >= 4 is 0 Å². The molecule has 0 amide bonds. The standard InChI is InChI=1S/C17H25N3/c1-5-17-19-8-9-20(17)16-7-6-14(4)10-15(16)12-18-11-13(2)3/h6-10,13,18H,5,11-12H2,1-4H3. The van der Waals surface area contributed by atoms with E-state index in [0.29, 0.717) is 5.92 Å².